The first kappa shape index (κ1) is 35.0. The van der Waals surface area contributed by atoms with Gasteiger partial charge in [-0.3, -0.25) is 4.79 Å². The number of halogens is 2. The van der Waals surface area contributed by atoms with E-state index in [0.717, 1.165) is 78.0 Å². The van der Waals surface area contributed by atoms with Gasteiger partial charge in [0.25, 0.3) is 0 Å². The summed E-state index contributed by atoms with van der Waals surface area (Å²) in [6.07, 6.45) is 4.47. The Morgan fingerprint density at radius 1 is 0.962 bits per heavy atom. The molecule has 0 saturated carbocycles. The van der Waals surface area contributed by atoms with Gasteiger partial charge in [0.15, 0.2) is 11.6 Å². The smallest absolute Gasteiger partial charge is 0.240 e. The zero-order chi connectivity index (χ0) is 36.1. The molecule has 4 aliphatic rings. The van der Waals surface area contributed by atoms with E-state index in [1.807, 2.05) is 17.0 Å². The molecule has 0 aliphatic carbocycles. The van der Waals surface area contributed by atoms with Gasteiger partial charge in [-0.05, 0) is 98.3 Å². The van der Waals surface area contributed by atoms with E-state index in [1.165, 1.54) is 0 Å². The zero-order valence-corrected chi connectivity index (χ0v) is 31.5. The highest BCUT2D eigenvalue weighted by Gasteiger charge is 2.39. The molecule has 4 fully saturated rings. The Kier molecular flexibility index (Phi) is 9.50. The minimum absolute atomic E-state index is 0.0956. The van der Waals surface area contributed by atoms with Gasteiger partial charge >= 0.3 is 0 Å². The number of hydrogen-bond acceptors (Lipinski definition) is 7. The lowest BCUT2D eigenvalue weighted by molar-refractivity contribution is -0.119. The first-order valence-electron chi connectivity index (χ1n) is 19.0. The number of nitrogens with two attached hydrogens (primary N) is 1. The number of hydrogen-bond donors (Lipinski definition) is 3. The predicted molar refractivity (Wildman–Crippen MR) is 206 cm³/mol. The highest BCUT2D eigenvalue weighted by Crippen LogP contribution is 2.49. The van der Waals surface area contributed by atoms with Crippen molar-refractivity contribution in [3.8, 4) is 0 Å². The number of carbonyl (C=O) groups excluding carboxylic acids is 1. The zero-order valence-electron chi connectivity index (χ0n) is 30.5. The minimum Gasteiger partial charge on any atom is -0.384 e. The van der Waals surface area contributed by atoms with Crippen molar-refractivity contribution in [2.75, 3.05) is 54.6 Å². The molecule has 0 spiro atoms. The third-order valence-corrected chi connectivity index (χ3v) is 15.3. The second-order valence-electron chi connectivity index (χ2n) is 16.2. The van der Waals surface area contributed by atoms with Crippen LogP contribution in [0.15, 0.2) is 54.6 Å². The molecule has 0 bridgehead atoms. The Labute approximate surface area is 305 Å². The summed E-state index contributed by atoms with van der Waals surface area (Å²) in [7, 11) is 0.359. The van der Waals surface area contributed by atoms with Crippen LogP contribution in [0.3, 0.4) is 0 Å². The van der Waals surface area contributed by atoms with Gasteiger partial charge in [0, 0.05) is 44.0 Å². The van der Waals surface area contributed by atoms with Gasteiger partial charge < -0.3 is 35.5 Å². The number of nitrogens with one attached hydrogen (secondary N) is 2. The average Bonchev–Trinajstić information content (AvgIpc) is 3.94. The molecule has 4 saturated heterocycles. The quantitative estimate of drug-likeness (QED) is 0.157. The summed E-state index contributed by atoms with van der Waals surface area (Å²) in [5.74, 6) is -0.176. The Bertz CT molecular complexity index is 1900. The van der Waals surface area contributed by atoms with Crippen LogP contribution in [0.25, 0.3) is 11.0 Å². The molecule has 5 atom stereocenters. The number of fused-ring (bicyclic) bond motifs is 1. The number of aromatic nitrogens is 2. The average molecular weight is 728 g/mol. The molecule has 4 N–H and O–H groups in total. The molecule has 5 heterocycles. The molecule has 1 unspecified atom stereocenters. The number of benzene rings is 3. The third kappa shape index (κ3) is 6.69. The molecule has 4 aromatic rings. The molecule has 3 aromatic carbocycles. The van der Waals surface area contributed by atoms with Gasteiger partial charge in [-0.2, -0.15) is 0 Å². The number of H-pyrrole nitrogens is 1. The third-order valence-electron chi connectivity index (χ3n) is 12.1. The lowest BCUT2D eigenvalue weighted by Crippen LogP contribution is -2.43. The first-order valence-corrected chi connectivity index (χ1v) is 22.4. The number of rotatable bonds is 9. The number of aromatic amines is 1. The standard InChI is InChI=1S/C40H51F2N7O2Si/c1-51-24-25-19-37(39(43)50)48(23-25)28-9-6-26(7-10-28)35-12-13-36(27-8-11-32-34(20-27)46-40(45-32)33-5-4-14-44-33)49(35)29-21-30(41)38(31(42)22-29)47-15-17-52(2,3)18-16-47/h6-11,20-22,25,33,35-37,44H,4-5,12-19,23-24H2,1-3H3,(H2,43,50)(H,45,46)/t25-,33?,35+,36+,37-/m0/s1. The second kappa shape index (κ2) is 14.1. The van der Waals surface area contributed by atoms with Crippen molar-refractivity contribution in [2.45, 2.75) is 81.5 Å². The lowest BCUT2D eigenvalue weighted by Gasteiger charge is -2.38. The maximum absolute atomic E-state index is 16.2. The summed E-state index contributed by atoms with van der Waals surface area (Å²) >= 11 is 0. The van der Waals surface area contributed by atoms with Gasteiger partial charge in [-0.1, -0.05) is 31.3 Å². The fourth-order valence-electron chi connectivity index (χ4n) is 9.22. The van der Waals surface area contributed by atoms with E-state index in [9.17, 15) is 4.79 Å². The maximum Gasteiger partial charge on any atom is 0.240 e. The summed E-state index contributed by atoms with van der Waals surface area (Å²) in [5.41, 5.74) is 11.4. The molecule has 1 amide bonds. The SMILES string of the molecule is COC[C@H]1C[C@@H](C(N)=O)N(c2ccc([C@H]3CC[C@H](c4ccc5nc(C6CCCN6)[nH]c5c4)N3c3cc(F)c(N4CC[Si](C)(C)CC4)c(F)c3)cc2)C1. The number of primary amides is 1. The lowest BCUT2D eigenvalue weighted by atomic mass is 10.0. The van der Waals surface area contributed by atoms with Gasteiger partial charge in [0.2, 0.25) is 5.91 Å². The maximum atomic E-state index is 16.2. The molecule has 1 aromatic heterocycles. The van der Waals surface area contributed by atoms with Crippen LogP contribution < -0.4 is 25.8 Å². The monoisotopic (exact) mass is 727 g/mol. The largest absolute Gasteiger partial charge is 0.384 e. The number of ether oxygens (including phenoxy) is 1. The summed E-state index contributed by atoms with van der Waals surface area (Å²) in [6.45, 7) is 8.34. The van der Waals surface area contributed by atoms with Crippen LogP contribution in [-0.4, -0.2) is 69.9 Å². The molecule has 0 radical (unpaired) electrons. The van der Waals surface area contributed by atoms with Crippen LogP contribution in [0.1, 0.15) is 67.2 Å². The van der Waals surface area contributed by atoms with Gasteiger partial charge in [0.05, 0.1) is 43.8 Å². The molecular weight excluding hydrogens is 677 g/mol. The van der Waals surface area contributed by atoms with Gasteiger partial charge in [-0.15, -0.1) is 0 Å². The van der Waals surface area contributed by atoms with E-state index < -0.39 is 25.8 Å². The fourth-order valence-corrected chi connectivity index (χ4v) is 11.2. The van der Waals surface area contributed by atoms with E-state index in [2.05, 4.69) is 63.5 Å². The number of imidazole rings is 1. The van der Waals surface area contributed by atoms with Crippen molar-refractivity contribution in [3.63, 3.8) is 0 Å². The van der Waals surface area contributed by atoms with Gasteiger partial charge in [-0.25, -0.2) is 13.8 Å². The number of carbonyl (C=O) groups is 1. The van der Waals surface area contributed by atoms with Crippen molar-refractivity contribution in [1.29, 1.82) is 0 Å². The first-order chi connectivity index (χ1) is 25.1. The molecule has 4 aliphatic heterocycles. The van der Waals surface area contributed by atoms with Crippen molar-refractivity contribution in [1.82, 2.24) is 15.3 Å². The van der Waals surface area contributed by atoms with Crippen molar-refractivity contribution >= 4 is 42.1 Å². The van der Waals surface area contributed by atoms with E-state index in [1.54, 1.807) is 19.2 Å². The van der Waals surface area contributed by atoms with Crippen LogP contribution in [0.2, 0.25) is 25.2 Å². The second-order valence-corrected chi connectivity index (χ2v) is 21.5. The molecular formula is C40H51F2N7O2Si. The van der Waals surface area contributed by atoms with E-state index in [-0.39, 0.29) is 35.6 Å². The van der Waals surface area contributed by atoms with Crippen molar-refractivity contribution in [2.24, 2.45) is 11.7 Å². The van der Waals surface area contributed by atoms with E-state index in [4.69, 9.17) is 15.5 Å². The topological polar surface area (TPSA) is 103 Å². The predicted octanol–water partition coefficient (Wildman–Crippen LogP) is 7.20. The Morgan fingerprint density at radius 2 is 1.65 bits per heavy atom. The number of anilines is 3. The highest BCUT2D eigenvalue weighted by atomic mass is 28.3. The fraction of sp³-hybridized carbons (Fsp3) is 0.500. The summed E-state index contributed by atoms with van der Waals surface area (Å²) in [4.78, 5) is 27.0. The normalized spacial score (nSPS) is 26.2. The number of nitrogens with zero attached hydrogens (tertiary/aromatic N) is 4. The van der Waals surface area contributed by atoms with Crippen LogP contribution in [0.4, 0.5) is 25.8 Å². The summed E-state index contributed by atoms with van der Waals surface area (Å²) in [6, 6.07) is 19.4. The minimum atomic E-state index is -1.32. The van der Waals surface area contributed by atoms with Crippen molar-refractivity contribution in [3.05, 3.63) is 83.2 Å². The van der Waals surface area contributed by atoms with Gasteiger partial charge in [0.1, 0.15) is 17.6 Å². The van der Waals surface area contributed by atoms with E-state index >= 15 is 8.78 Å². The molecule has 276 valence electrons. The van der Waals surface area contributed by atoms with Crippen LogP contribution in [0, 0.1) is 17.6 Å². The summed E-state index contributed by atoms with van der Waals surface area (Å²) in [5, 5.41) is 3.53. The summed E-state index contributed by atoms with van der Waals surface area (Å²) < 4.78 is 37.8. The van der Waals surface area contributed by atoms with E-state index in [0.29, 0.717) is 38.3 Å². The van der Waals surface area contributed by atoms with Crippen molar-refractivity contribution < 1.29 is 18.3 Å². The number of amides is 1. The Morgan fingerprint density at radius 3 is 2.31 bits per heavy atom. The molecule has 12 heteroatoms. The molecule has 8 rings (SSSR count). The Hall–Kier alpha value is -4.00. The van der Waals surface area contributed by atoms with Crippen LogP contribution in [0.5, 0.6) is 0 Å². The molecule has 9 nitrogen and oxygen atoms in total. The molecule has 52 heavy (non-hydrogen) atoms. The Balaban J connectivity index is 1.13. The highest BCUT2D eigenvalue weighted by molar-refractivity contribution is 6.77. The number of methoxy groups -OCH3 is 1. The van der Waals surface area contributed by atoms with Crippen LogP contribution in [-0.2, 0) is 9.53 Å². The van der Waals surface area contributed by atoms with Crippen LogP contribution >= 0.6 is 0 Å².